The van der Waals surface area contributed by atoms with E-state index in [0.29, 0.717) is 33.1 Å². The normalized spacial score (nSPS) is 17.0. The van der Waals surface area contributed by atoms with Crippen molar-refractivity contribution in [2.75, 3.05) is 10.6 Å². The number of hydrogen-bond donors (Lipinski definition) is 4. The van der Waals surface area contributed by atoms with E-state index in [9.17, 15) is 19.5 Å². The Morgan fingerprint density at radius 2 is 1.83 bits per heavy atom. The summed E-state index contributed by atoms with van der Waals surface area (Å²) in [6.45, 7) is 1.38. The van der Waals surface area contributed by atoms with Crippen LogP contribution in [0.3, 0.4) is 0 Å². The molecule has 1 aliphatic heterocycles. The van der Waals surface area contributed by atoms with Crippen molar-refractivity contribution in [2.24, 2.45) is 5.73 Å². The SMILES string of the molecule is CC(=O)Nc1ccc(/C(C(N)=O)=C2/CC(C(=O)O)Nc3cc(Cl)cc(Cl)c32)cc1. The minimum atomic E-state index is -1.09. The quantitative estimate of drug-likeness (QED) is 0.548. The lowest BCUT2D eigenvalue weighted by molar-refractivity contribution is -0.137. The van der Waals surface area contributed by atoms with Crippen LogP contribution in [0.4, 0.5) is 11.4 Å². The number of aliphatic carboxylic acids is 1. The van der Waals surface area contributed by atoms with Crippen LogP contribution in [0.1, 0.15) is 24.5 Å². The van der Waals surface area contributed by atoms with E-state index in [1.807, 2.05) is 0 Å². The van der Waals surface area contributed by atoms with Gasteiger partial charge < -0.3 is 21.5 Å². The van der Waals surface area contributed by atoms with E-state index in [1.165, 1.54) is 13.0 Å². The van der Waals surface area contributed by atoms with Crippen molar-refractivity contribution in [1.82, 2.24) is 0 Å². The second-order valence-corrected chi connectivity index (χ2v) is 7.37. The number of anilines is 2. The van der Waals surface area contributed by atoms with E-state index in [4.69, 9.17) is 28.9 Å². The average molecular weight is 434 g/mol. The standard InChI is InChI=1S/C20H17Cl2N3O4/c1-9(26)24-12-4-2-10(3-5-12)17(19(23)27)13-8-16(20(28)29)25-15-7-11(21)6-14(22)18(13)15/h2-7,16,25H,8H2,1H3,(H2,23,27)(H,24,26)(H,28,29)/b17-13+. The van der Waals surface area contributed by atoms with Crippen LogP contribution in [0.5, 0.6) is 0 Å². The van der Waals surface area contributed by atoms with Gasteiger partial charge in [0.05, 0.1) is 10.6 Å². The number of carbonyl (C=O) groups excluding carboxylic acids is 2. The molecule has 0 radical (unpaired) electrons. The summed E-state index contributed by atoms with van der Waals surface area (Å²) in [7, 11) is 0. The summed E-state index contributed by atoms with van der Waals surface area (Å²) in [4.78, 5) is 35.2. The lowest BCUT2D eigenvalue weighted by Crippen LogP contribution is -2.33. The Balaban J connectivity index is 2.22. The van der Waals surface area contributed by atoms with Crippen LogP contribution < -0.4 is 16.4 Å². The van der Waals surface area contributed by atoms with Gasteiger partial charge in [-0.15, -0.1) is 0 Å². The van der Waals surface area contributed by atoms with Crippen molar-refractivity contribution in [3.8, 4) is 0 Å². The Morgan fingerprint density at radius 3 is 2.38 bits per heavy atom. The topological polar surface area (TPSA) is 122 Å². The molecule has 7 nitrogen and oxygen atoms in total. The van der Waals surface area contributed by atoms with Crippen LogP contribution in [0, 0.1) is 0 Å². The van der Waals surface area contributed by atoms with Crippen molar-refractivity contribution >= 4 is 63.5 Å². The maximum Gasteiger partial charge on any atom is 0.326 e. The van der Waals surface area contributed by atoms with Gasteiger partial charge in [0.15, 0.2) is 0 Å². The monoisotopic (exact) mass is 433 g/mol. The Morgan fingerprint density at radius 1 is 1.17 bits per heavy atom. The maximum atomic E-state index is 12.4. The third kappa shape index (κ3) is 4.36. The zero-order valence-electron chi connectivity index (χ0n) is 15.3. The van der Waals surface area contributed by atoms with Crippen molar-refractivity contribution in [3.05, 3.63) is 57.6 Å². The van der Waals surface area contributed by atoms with Gasteiger partial charge in [-0.1, -0.05) is 35.3 Å². The van der Waals surface area contributed by atoms with Crippen LogP contribution in [-0.2, 0) is 14.4 Å². The third-order valence-electron chi connectivity index (χ3n) is 4.43. The smallest absolute Gasteiger partial charge is 0.326 e. The first kappa shape index (κ1) is 20.7. The van der Waals surface area contributed by atoms with E-state index in [2.05, 4.69) is 10.6 Å². The molecule has 5 N–H and O–H groups in total. The van der Waals surface area contributed by atoms with Gasteiger partial charge in [0.25, 0.3) is 0 Å². The molecule has 0 bridgehead atoms. The lowest BCUT2D eigenvalue weighted by atomic mass is 9.86. The number of primary amides is 1. The zero-order valence-corrected chi connectivity index (χ0v) is 16.8. The molecular weight excluding hydrogens is 417 g/mol. The second-order valence-electron chi connectivity index (χ2n) is 6.53. The van der Waals surface area contributed by atoms with Gasteiger partial charge in [-0.25, -0.2) is 4.79 Å². The van der Waals surface area contributed by atoms with Crippen LogP contribution in [-0.4, -0.2) is 28.9 Å². The Labute approximate surface area is 176 Å². The first-order valence-electron chi connectivity index (χ1n) is 8.57. The van der Waals surface area contributed by atoms with E-state index in [0.717, 1.165) is 0 Å². The largest absolute Gasteiger partial charge is 0.480 e. The highest BCUT2D eigenvalue weighted by molar-refractivity contribution is 6.38. The fraction of sp³-hybridized carbons (Fsp3) is 0.150. The van der Waals surface area contributed by atoms with E-state index < -0.39 is 17.9 Å². The fourth-order valence-corrected chi connectivity index (χ4v) is 3.91. The molecule has 1 aliphatic rings. The van der Waals surface area contributed by atoms with Crippen LogP contribution >= 0.6 is 23.2 Å². The Hall–Kier alpha value is -3.03. The molecule has 0 aliphatic carbocycles. The summed E-state index contributed by atoms with van der Waals surface area (Å²) in [6, 6.07) is 8.58. The molecule has 29 heavy (non-hydrogen) atoms. The van der Waals surface area contributed by atoms with E-state index >= 15 is 0 Å². The number of carboxylic acids is 1. The number of nitrogens with one attached hydrogen (secondary N) is 2. The molecule has 1 heterocycles. The molecular formula is C20H17Cl2N3O4. The summed E-state index contributed by atoms with van der Waals surface area (Å²) in [6.07, 6.45) is -0.00456. The zero-order chi connectivity index (χ0) is 21.3. The average Bonchev–Trinajstić information content (AvgIpc) is 2.61. The lowest BCUT2D eigenvalue weighted by Gasteiger charge is -2.29. The van der Waals surface area contributed by atoms with Gasteiger partial charge in [0.2, 0.25) is 11.8 Å². The molecule has 9 heteroatoms. The van der Waals surface area contributed by atoms with Crippen molar-refractivity contribution in [3.63, 3.8) is 0 Å². The summed E-state index contributed by atoms with van der Waals surface area (Å²) < 4.78 is 0. The van der Waals surface area contributed by atoms with Crippen molar-refractivity contribution in [1.29, 1.82) is 0 Å². The van der Waals surface area contributed by atoms with Gasteiger partial charge in [-0.05, 0) is 35.4 Å². The van der Waals surface area contributed by atoms with Gasteiger partial charge in [-0.2, -0.15) is 0 Å². The first-order valence-corrected chi connectivity index (χ1v) is 9.32. The van der Waals surface area contributed by atoms with Gasteiger partial charge >= 0.3 is 5.97 Å². The Bertz CT molecular complexity index is 1050. The number of halogens is 2. The molecule has 2 aromatic rings. The van der Waals surface area contributed by atoms with Gasteiger partial charge in [0, 0.05) is 35.3 Å². The third-order valence-corrected chi connectivity index (χ3v) is 4.95. The highest BCUT2D eigenvalue weighted by atomic mass is 35.5. The molecule has 0 fully saturated rings. The number of carbonyl (C=O) groups is 3. The minimum absolute atomic E-state index is 0.00456. The molecule has 0 saturated heterocycles. The number of fused-ring (bicyclic) bond motifs is 1. The highest BCUT2D eigenvalue weighted by Crippen LogP contribution is 2.43. The predicted octanol–water partition coefficient (Wildman–Crippen LogP) is 3.62. The number of nitrogens with two attached hydrogens (primary N) is 1. The van der Waals surface area contributed by atoms with Gasteiger partial charge in [0.1, 0.15) is 6.04 Å². The summed E-state index contributed by atoms with van der Waals surface area (Å²) >= 11 is 12.4. The number of benzene rings is 2. The fourth-order valence-electron chi connectivity index (χ4n) is 3.30. The molecule has 1 atom stereocenters. The van der Waals surface area contributed by atoms with Crippen LogP contribution in [0.15, 0.2) is 36.4 Å². The highest BCUT2D eigenvalue weighted by Gasteiger charge is 2.32. The number of carboxylic acid groups (broad SMARTS) is 1. The summed E-state index contributed by atoms with van der Waals surface area (Å²) in [5.41, 5.74) is 8.15. The molecule has 0 spiro atoms. The molecule has 2 amide bonds. The number of rotatable bonds is 4. The van der Waals surface area contributed by atoms with Crippen molar-refractivity contribution < 1.29 is 19.5 Å². The molecule has 150 valence electrons. The van der Waals surface area contributed by atoms with E-state index in [1.54, 1.807) is 30.3 Å². The number of amides is 2. The minimum Gasteiger partial charge on any atom is -0.480 e. The Kier molecular flexibility index (Phi) is 5.81. The van der Waals surface area contributed by atoms with Gasteiger partial charge in [-0.3, -0.25) is 9.59 Å². The molecule has 2 aromatic carbocycles. The number of hydrogen-bond acceptors (Lipinski definition) is 4. The predicted molar refractivity (Wildman–Crippen MR) is 113 cm³/mol. The molecule has 0 aromatic heterocycles. The molecule has 1 unspecified atom stereocenters. The van der Waals surface area contributed by atoms with Crippen LogP contribution in [0.2, 0.25) is 10.0 Å². The maximum absolute atomic E-state index is 12.4. The molecule has 3 rings (SSSR count). The van der Waals surface area contributed by atoms with E-state index in [-0.39, 0.29) is 22.9 Å². The molecule has 0 saturated carbocycles. The second kappa shape index (κ2) is 8.14. The van der Waals surface area contributed by atoms with Crippen molar-refractivity contribution in [2.45, 2.75) is 19.4 Å². The first-order chi connectivity index (χ1) is 13.7. The summed E-state index contributed by atoms with van der Waals surface area (Å²) in [5.74, 6) is -2.05. The van der Waals surface area contributed by atoms with Crippen LogP contribution in [0.25, 0.3) is 11.1 Å². The summed E-state index contributed by atoms with van der Waals surface area (Å²) in [5, 5.41) is 15.6.